The first-order valence-electron chi connectivity index (χ1n) is 10.4. The molecule has 0 radical (unpaired) electrons. The third-order valence-electron chi connectivity index (χ3n) is 5.47. The van der Waals surface area contributed by atoms with Crippen molar-refractivity contribution in [3.63, 3.8) is 0 Å². The Morgan fingerprint density at radius 2 is 1.82 bits per heavy atom. The SMILES string of the molecule is CC(C)CC(=O)N1CCC(Nc2ccc(S(=O)(=O)N3CCCCC3)cn2)CC1. The van der Waals surface area contributed by atoms with Crippen LogP contribution in [-0.2, 0) is 14.8 Å². The molecular formula is C20H32N4O3S. The maximum absolute atomic E-state index is 12.7. The summed E-state index contributed by atoms with van der Waals surface area (Å²) in [6.45, 7) is 6.82. The highest BCUT2D eigenvalue weighted by Crippen LogP contribution is 2.22. The van der Waals surface area contributed by atoms with Gasteiger partial charge in [0.05, 0.1) is 0 Å². The van der Waals surface area contributed by atoms with Gasteiger partial charge in [-0.25, -0.2) is 13.4 Å². The molecule has 2 fully saturated rings. The fourth-order valence-electron chi connectivity index (χ4n) is 3.83. The van der Waals surface area contributed by atoms with Crippen LogP contribution in [0.5, 0.6) is 0 Å². The molecule has 0 unspecified atom stereocenters. The highest BCUT2D eigenvalue weighted by molar-refractivity contribution is 7.89. The Labute approximate surface area is 168 Å². The molecule has 2 saturated heterocycles. The highest BCUT2D eigenvalue weighted by Gasteiger charge is 2.27. The van der Waals surface area contributed by atoms with E-state index < -0.39 is 10.0 Å². The average molecular weight is 409 g/mol. The van der Waals surface area contributed by atoms with Crippen molar-refractivity contribution in [2.24, 2.45) is 5.92 Å². The number of nitrogens with one attached hydrogen (secondary N) is 1. The predicted octanol–water partition coefficient (Wildman–Crippen LogP) is 2.71. The first-order valence-corrected chi connectivity index (χ1v) is 11.8. The number of amides is 1. The van der Waals surface area contributed by atoms with Gasteiger partial charge in [0.15, 0.2) is 0 Å². The molecule has 0 aromatic carbocycles. The zero-order chi connectivity index (χ0) is 20.1. The minimum Gasteiger partial charge on any atom is -0.367 e. The van der Waals surface area contributed by atoms with Crippen LogP contribution in [0.15, 0.2) is 23.2 Å². The third-order valence-corrected chi connectivity index (χ3v) is 7.35. The summed E-state index contributed by atoms with van der Waals surface area (Å²) < 4.78 is 26.9. The van der Waals surface area contributed by atoms with E-state index in [0.717, 1.165) is 45.2 Å². The van der Waals surface area contributed by atoms with E-state index in [1.54, 1.807) is 16.4 Å². The molecule has 1 amide bonds. The van der Waals surface area contributed by atoms with Crippen LogP contribution in [0.1, 0.15) is 52.4 Å². The lowest BCUT2D eigenvalue weighted by Crippen LogP contribution is -2.42. The fourth-order valence-corrected chi connectivity index (χ4v) is 5.30. The molecule has 156 valence electrons. The van der Waals surface area contributed by atoms with Crippen LogP contribution in [0.2, 0.25) is 0 Å². The molecule has 3 heterocycles. The van der Waals surface area contributed by atoms with E-state index >= 15 is 0 Å². The fraction of sp³-hybridized carbons (Fsp3) is 0.700. The van der Waals surface area contributed by atoms with E-state index in [4.69, 9.17) is 0 Å². The van der Waals surface area contributed by atoms with Gasteiger partial charge in [0, 0.05) is 44.8 Å². The summed E-state index contributed by atoms with van der Waals surface area (Å²) >= 11 is 0. The normalized spacial score (nSPS) is 19.8. The van der Waals surface area contributed by atoms with Crippen molar-refractivity contribution in [3.8, 4) is 0 Å². The molecule has 0 bridgehead atoms. The third kappa shape index (κ3) is 5.23. The molecule has 3 rings (SSSR count). The van der Waals surface area contributed by atoms with E-state index in [9.17, 15) is 13.2 Å². The molecule has 0 atom stereocenters. The topological polar surface area (TPSA) is 82.6 Å². The number of carbonyl (C=O) groups is 1. The number of likely N-dealkylation sites (tertiary alicyclic amines) is 1. The van der Waals surface area contributed by atoms with Crippen LogP contribution in [0.25, 0.3) is 0 Å². The molecule has 1 aromatic heterocycles. The number of anilines is 1. The zero-order valence-electron chi connectivity index (χ0n) is 16.9. The second kappa shape index (κ2) is 9.22. The molecule has 2 aliphatic heterocycles. The van der Waals surface area contributed by atoms with Crippen LogP contribution in [0.4, 0.5) is 5.82 Å². The van der Waals surface area contributed by atoms with Crippen LogP contribution in [-0.4, -0.2) is 60.7 Å². The lowest BCUT2D eigenvalue weighted by molar-refractivity contribution is -0.132. The van der Waals surface area contributed by atoms with Gasteiger partial charge in [0.25, 0.3) is 0 Å². The van der Waals surface area contributed by atoms with Gasteiger partial charge >= 0.3 is 0 Å². The van der Waals surface area contributed by atoms with E-state index in [-0.39, 0.29) is 16.8 Å². The van der Waals surface area contributed by atoms with Crippen LogP contribution in [0.3, 0.4) is 0 Å². The summed E-state index contributed by atoms with van der Waals surface area (Å²) in [5.41, 5.74) is 0. The quantitative estimate of drug-likeness (QED) is 0.783. The molecule has 0 aliphatic carbocycles. The Morgan fingerprint density at radius 3 is 2.39 bits per heavy atom. The minimum absolute atomic E-state index is 0.235. The van der Waals surface area contributed by atoms with Crippen molar-refractivity contribution >= 4 is 21.7 Å². The molecule has 0 saturated carbocycles. The Bertz CT molecular complexity index is 750. The van der Waals surface area contributed by atoms with Crippen molar-refractivity contribution in [1.29, 1.82) is 0 Å². The van der Waals surface area contributed by atoms with E-state index in [0.29, 0.717) is 31.2 Å². The number of piperidine rings is 2. The Kier molecular flexibility index (Phi) is 6.93. The van der Waals surface area contributed by atoms with Gasteiger partial charge in [-0.2, -0.15) is 4.31 Å². The van der Waals surface area contributed by atoms with Crippen molar-refractivity contribution in [3.05, 3.63) is 18.3 Å². The molecule has 2 aliphatic rings. The standard InChI is InChI=1S/C20H32N4O3S/c1-16(2)14-20(25)23-12-8-17(9-13-23)22-19-7-6-18(15-21-19)28(26,27)24-10-4-3-5-11-24/h6-7,15-17H,3-5,8-14H2,1-2H3,(H,21,22). The molecule has 1 aromatic rings. The second-order valence-electron chi connectivity index (χ2n) is 8.24. The van der Waals surface area contributed by atoms with Gasteiger partial charge in [0.1, 0.15) is 10.7 Å². The largest absolute Gasteiger partial charge is 0.367 e. The first kappa shape index (κ1) is 21.0. The summed E-state index contributed by atoms with van der Waals surface area (Å²) in [6, 6.07) is 3.63. The lowest BCUT2D eigenvalue weighted by Gasteiger charge is -2.33. The molecule has 8 heteroatoms. The number of pyridine rings is 1. The molecular weight excluding hydrogens is 376 g/mol. The number of rotatable bonds is 6. The van der Waals surface area contributed by atoms with Crippen molar-refractivity contribution in [2.45, 2.75) is 63.3 Å². The lowest BCUT2D eigenvalue weighted by atomic mass is 10.0. The van der Waals surface area contributed by atoms with Crippen LogP contribution >= 0.6 is 0 Å². The Balaban J connectivity index is 1.53. The summed E-state index contributed by atoms with van der Waals surface area (Å²) in [6.07, 6.45) is 6.74. The number of hydrogen-bond donors (Lipinski definition) is 1. The first-order chi connectivity index (χ1) is 13.4. The maximum atomic E-state index is 12.7. The zero-order valence-corrected chi connectivity index (χ0v) is 17.7. The second-order valence-corrected chi connectivity index (χ2v) is 10.2. The van der Waals surface area contributed by atoms with Crippen LogP contribution in [0, 0.1) is 5.92 Å². The number of aromatic nitrogens is 1. The summed E-state index contributed by atoms with van der Waals surface area (Å²) in [4.78, 5) is 18.7. The van der Waals surface area contributed by atoms with Crippen molar-refractivity contribution in [1.82, 2.24) is 14.2 Å². The summed E-state index contributed by atoms with van der Waals surface area (Å²) in [5, 5.41) is 3.38. The Morgan fingerprint density at radius 1 is 1.14 bits per heavy atom. The van der Waals surface area contributed by atoms with Gasteiger partial charge in [0.2, 0.25) is 15.9 Å². The van der Waals surface area contributed by atoms with Crippen molar-refractivity contribution in [2.75, 3.05) is 31.5 Å². The number of sulfonamides is 1. The van der Waals surface area contributed by atoms with E-state index in [2.05, 4.69) is 24.1 Å². The van der Waals surface area contributed by atoms with Crippen molar-refractivity contribution < 1.29 is 13.2 Å². The van der Waals surface area contributed by atoms with Gasteiger partial charge in [-0.15, -0.1) is 0 Å². The monoisotopic (exact) mass is 408 g/mol. The van der Waals surface area contributed by atoms with Gasteiger partial charge in [-0.3, -0.25) is 4.79 Å². The van der Waals surface area contributed by atoms with E-state index in [1.807, 2.05) is 4.90 Å². The maximum Gasteiger partial charge on any atom is 0.244 e. The highest BCUT2D eigenvalue weighted by atomic mass is 32.2. The molecule has 7 nitrogen and oxygen atoms in total. The number of hydrogen-bond acceptors (Lipinski definition) is 5. The van der Waals surface area contributed by atoms with Gasteiger partial charge in [-0.1, -0.05) is 20.3 Å². The van der Waals surface area contributed by atoms with Gasteiger partial charge < -0.3 is 10.2 Å². The van der Waals surface area contributed by atoms with Gasteiger partial charge in [-0.05, 0) is 43.7 Å². The summed E-state index contributed by atoms with van der Waals surface area (Å²) in [5.74, 6) is 1.30. The molecule has 1 N–H and O–H groups in total. The number of carbonyl (C=O) groups excluding carboxylic acids is 1. The predicted molar refractivity (Wildman–Crippen MR) is 110 cm³/mol. The van der Waals surface area contributed by atoms with Crippen LogP contribution < -0.4 is 5.32 Å². The Hall–Kier alpha value is -1.67. The molecule has 0 spiro atoms. The summed E-state index contributed by atoms with van der Waals surface area (Å²) in [7, 11) is -3.44. The average Bonchev–Trinajstić information content (AvgIpc) is 2.69. The smallest absolute Gasteiger partial charge is 0.244 e. The number of nitrogens with zero attached hydrogens (tertiary/aromatic N) is 3. The molecule has 28 heavy (non-hydrogen) atoms. The minimum atomic E-state index is -3.44. The van der Waals surface area contributed by atoms with E-state index in [1.165, 1.54) is 6.20 Å².